The number of aromatic nitrogens is 1. The molecule has 1 heterocycles. The Morgan fingerprint density at radius 1 is 1.23 bits per heavy atom. The van der Waals surface area contributed by atoms with Crippen molar-refractivity contribution < 1.29 is 22.4 Å². The number of hydrogen-bond acceptors (Lipinski definition) is 5. The monoisotopic (exact) mass is 452 g/mol. The van der Waals surface area contributed by atoms with Crippen molar-refractivity contribution in [3.05, 3.63) is 65.7 Å². The van der Waals surface area contributed by atoms with Gasteiger partial charge in [0.05, 0.1) is 17.8 Å². The first-order valence-electron chi connectivity index (χ1n) is 9.52. The second-order valence-electron chi connectivity index (χ2n) is 7.26. The Hall–Kier alpha value is -2.64. The zero-order valence-corrected chi connectivity index (χ0v) is 17.1. The molecule has 1 amide bonds. The van der Waals surface area contributed by atoms with Crippen molar-refractivity contribution in [2.24, 2.45) is 0 Å². The molecule has 1 aromatic heterocycles. The molecular formula is C21H20F4N4OS. The number of benzene rings is 1. The van der Waals surface area contributed by atoms with E-state index in [-0.39, 0.29) is 11.3 Å². The molecule has 1 fully saturated rings. The minimum absolute atomic E-state index is 0.0255. The molecular weight excluding hydrogens is 432 g/mol. The normalized spacial score (nSPS) is 16.7. The fourth-order valence-corrected chi connectivity index (χ4v) is 3.89. The Morgan fingerprint density at radius 2 is 1.94 bits per heavy atom. The molecule has 1 saturated carbocycles. The lowest BCUT2D eigenvalue weighted by Gasteiger charge is -2.28. The predicted molar refractivity (Wildman–Crippen MR) is 108 cm³/mol. The fraction of sp³-hybridized carbons (Fsp3) is 0.381. The highest BCUT2D eigenvalue weighted by Crippen LogP contribution is 2.36. The van der Waals surface area contributed by atoms with E-state index >= 15 is 0 Å². The Balaban J connectivity index is 1.76. The first-order chi connectivity index (χ1) is 14.7. The van der Waals surface area contributed by atoms with Gasteiger partial charge in [0.25, 0.3) is 0 Å². The summed E-state index contributed by atoms with van der Waals surface area (Å²) in [6, 6.07) is 7.88. The third-order valence-corrected chi connectivity index (χ3v) is 5.87. The Kier molecular flexibility index (Phi) is 7.18. The average molecular weight is 452 g/mol. The standard InChI is InChI=1S/C21H20F4N4OS/c22-15-6-4-14(5-7-15)18(21(23,24)25)28-17(19(30)29-20(13-26)8-9-20)12-31-11-16-3-1-2-10-27-16/h1-7,10,17-18,28H,8-9,11-12H2,(H,29,30)/t17?,18-/m1/s1. The van der Waals surface area contributed by atoms with E-state index in [1.54, 1.807) is 24.4 Å². The predicted octanol–water partition coefficient (Wildman–Crippen LogP) is 3.89. The van der Waals surface area contributed by atoms with E-state index in [9.17, 15) is 27.6 Å². The summed E-state index contributed by atoms with van der Waals surface area (Å²) < 4.78 is 54.5. The summed E-state index contributed by atoms with van der Waals surface area (Å²) in [5.41, 5.74) is -0.484. The number of thioether (sulfide) groups is 1. The second kappa shape index (κ2) is 9.66. The molecule has 1 aliphatic rings. The molecule has 10 heteroatoms. The number of pyridine rings is 1. The Bertz CT molecular complexity index is 927. The van der Waals surface area contributed by atoms with Gasteiger partial charge in [-0.3, -0.25) is 15.1 Å². The van der Waals surface area contributed by atoms with Crippen LogP contribution in [0.15, 0.2) is 48.7 Å². The van der Waals surface area contributed by atoms with Gasteiger partial charge in [-0.05, 0) is 42.7 Å². The number of alkyl halides is 3. The SMILES string of the molecule is N#CC1(NC(=O)C(CSCc2ccccn2)N[C@H](c2ccc(F)cc2)C(F)(F)F)CC1. The van der Waals surface area contributed by atoms with Crippen LogP contribution in [0.1, 0.15) is 30.1 Å². The number of carbonyl (C=O) groups excluding carboxylic acids is 1. The maximum absolute atomic E-state index is 13.8. The van der Waals surface area contributed by atoms with Crippen LogP contribution in [0.5, 0.6) is 0 Å². The van der Waals surface area contributed by atoms with E-state index in [4.69, 9.17) is 0 Å². The molecule has 0 bridgehead atoms. The van der Waals surface area contributed by atoms with Crippen molar-refractivity contribution in [2.75, 3.05) is 5.75 Å². The zero-order valence-electron chi connectivity index (χ0n) is 16.3. The molecule has 2 atom stereocenters. The summed E-state index contributed by atoms with van der Waals surface area (Å²) in [4.78, 5) is 16.9. The summed E-state index contributed by atoms with van der Waals surface area (Å²) >= 11 is 1.25. The Labute approximate surface area is 181 Å². The lowest BCUT2D eigenvalue weighted by atomic mass is 10.0. The zero-order chi connectivity index (χ0) is 22.5. The summed E-state index contributed by atoms with van der Waals surface area (Å²) in [5.74, 6) is -0.904. The average Bonchev–Trinajstić information content (AvgIpc) is 3.51. The summed E-state index contributed by atoms with van der Waals surface area (Å²) in [6.07, 6.45) is -2.18. The van der Waals surface area contributed by atoms with Gasteiger partial charge in [-0.15, -0.1) is 0 Å². The van der Waals surface area contributed by atoms with Gasteiger partial charge in [0, 0.05) is 17.7 Å². The highest BCUT2D eigenvalue weighted by molar-refractivity contribution is 7.98. The molecule has 0 aliphatic heterocycles. The van der Waals surface area contributed by atoms with Crippen LogP contribution in [0.25, 0.3) is 0 Å². The van der Waals surface area contributed by atoms with Crippen LogP contribution >= 0.6 is 11.8 Å². The van der Waals surface area contributed by atoms with Gasteiger partial charge in [0.15, 0.2) is 0 Å². The largest absolute Gasteiger partial charge is 0.407 e. The summed E-state index contributed by atoms with van der Waals surface area (Å²) in [5, 5.41) is 14.2. The number of halogens is 4. The van der Waals surface area contributed by atoms with Gasteiger partial charge in [0.1, 0.15) is 17.4 Å². The van der Waals surface area contributed by atoms with Crippen LogP contribution in [0, 0.1) is 17.1 Å². The fourth-order valence-electron chi connectivity index (χ4n) is 2.91. The third-order valence-electron chi connectivity index (χ3n) is 4.80. The van der Waals surface area contributed by atoms with E-state index < -0.39 is 35.5 Å². The van der Waals surface area contributed by atoms with Crippen molar-refractivity contribution in [3.8, 4) is 6.07 Å². The molecule has 5 nitrogen and oxygen atoms in total. The van der Waals surface area contributed by atoms with Gasteiger partial charge in [-0.25, -0.2) is 4.39 Å². The summed E-state index contributed by atoms with van der Waals surface area (Å²) in [7, 11) is 0. The lowest BCUT2D eigenvalue weighted by Crippen LogP contribution is -2.52. The number of nitrogens with one attached hydrogen (secondary N) is 2. The number of amides is 1. The summed E-state index contributed by atoms with van der Waals surface area (Å²) in [6.45, 7) is 0. The molecule has 164 valence electrons. The van der Waals surface area contributed by atoms with Crippen molar-refractivity contribution in [1.82, 2.24) is 15.6 Å². The lowest BCUT2D eigenvalue weighted by molar-refractivity contribution is -0.160. The second-order valence-corrected chi connectivity index (χ2v) is 8.30. The number of nitriles is 1. The number of hydrogen-bond donors (Lipinski definition) is 2. The number of rotatable bonds is 9. The third kappa shape index (κ3) is 6.42. The first kappa shape index (κ1) is 23.0. The molecule has 1 unspecified atom stereocenters. The van der Waals surface area contributed by atoms with E-state index in [2.05, 4.69) is 15.6 Å². The maximum atomic E-state index is 13.8. The van der Waals surface area contributed by atoms with Crippen LogP contribution in [-0.2, 0) is 10.5 Å². The van der Waals surface area contributed by atoms with Crippen LogP contribution in [0.4, 0.5) is 17.6 Å². The van der Waals surface area contributed by atoms with Crippen LogP contribution in [-0.4, -0.2) is 34.4 Å². The molecule has 0 spiro atoms. The molecule has 31 heavy (non-hydrogen) atoms. The highest BCUT2D eigenvalue weighted by atomic mass is 32.2. The van der Waals surface area contributed by atoms with Crippen molar-refractivity contribution in [2.45, 2.75) is 42.4 Å². The Morgan fingerprint density at radius 3 is 2.48 bits per heavy atom. The number of nitrogens with zero attached hydrogens (tertiary/aromatic N) is 2. The maximum Gasteiger partial charge on any atom is 0.407 e. The minimum atomic E-state index is -4.71. The van der Waals surface area contributed by atoms with Gasteiger partial charge >= 0.3 is 6.18 Å². The molecule has 1 aliphatic carbocycles. The van der Waals surface area contributed by atoms with Crippen molar-refractivity contribution in [3.63, 3.8) is 0 Å². The van der Waals surface area contributed by atoms with E-state index in [1.807, 2.05) is 6.07 Å². The van der Waals surface area contributed by atoms with E-state index in [0.717, 1.165) is 30.0 Å². The molecule has 0 saturated heterocycles. The van der Waals surface area contributed by atoms with Crippen LogP contribution in [0.3, 0.4) is 0 Å². The highest BCUT2D eigenvalue weighted by Gasteiger charge is 2.47. The van der Waals surface area contributed by atoms with Crippen LogP contribution in [0.2, 0.25) is 0 Å². The molecule has 2 aromatic rings. The van der Waals surface area contributed by atoms with E-state index in [1.165, 1.54) is 11.8 Å². The van der Waals surface area contributed by atoms with Crippen molar-refractivity contribution >= 4 is 17.7 Å². The molecule has 0 radical (unpaired) electrons. The van der Waals surface area contributed by atoms with E-state index in [0.29, 0.717) is 18.6 Å². The molecule has 1 aromatic carbocycles. The van der Waals surface area contributed by atoms with Gasteiger partial charge in [-0.2, -0.15) is 30.2 Å². The molecule has 3 rings (SSSR count). The topological polar surface area (TPSA) is 77.8 Å². The molecule has 2 N–H and O–H groups in total. The van der Waals surface area contributed by atoms with Gasteiger partial charge < -0.3 is 5.32 Å². The van der Waals surface area contributed by atoms with Crippen LogP contribution < -0.4 is 10.6 Å². The van der Waals surface area contributed by atoms with Gasteiger partial charge in [-0.1, -0.05) is 18.2 Å². The first-order valence-corrected chi connectivity index (χ1v) is 10.7. The minimum Gasteiger partial charge on any atom is -0.336 e. The smallest absolute Gasteiger partial charge is 0.336 e. The van der Waals surface area contributed by atoms with Crippen molar-refractivity contribution in [1.29, 1.82) is 5.26 Å². The van der Waals surface area contributed by atoms with Gasteiger partial charge in [0.2, 0.25) is 5.91 Å². The number of carbonyl (C=O) groups is 1. The quantitative estimate of drug-likeness (QED) is 0.565.